The summed E-state index contributed by atoms with van der Waals surface area (Å²) < 4.78 is 27.6. The zero-order chi connectivity index (χ0) is 20.9. The molecule has 2 nitrogen and oxygen atoms in total. The van der Waals surface area contributed by atoms with Crippen molar-refractivity contribution >= 4 is 5.91 Å². The standard InChI is InChI=1S/C25H31F2NO/c1-3-8-19-13-15-23(16-14-19)28(18-20-9-5-4-6-10-20)24(29)21-11-7-12-22(17-21)25(2,26)27/h4-7,9-12,17,19,23H,3,8,13-16,18H2,1-2H3. The molecule has 156 valence electrons. The van der Waals surface area contributed by atoms with Gasteiger partial charge >= 0.3 is 0 Å². The lowest BCUT2D eigenvalue weighted by Gasteiger charge is -2.37. The lowest BCUT2D eigenvalue weighted by atomic mass is 9.82. The molecule has 0 atom stereocenters. The molecule has 0 radical (unpaired) electrons. The van der Waals surface area contributed by atoms with Crippen molar-refractivity contribution in [2.75, 3.05) is 0 Å². The summed E-state index contributed by atoms with van der Waals surface area (Å²) in [5.41, 5.74) is 1.29. The number of halogens is 2. The molecule has 0 aromatic heterocycles. The average Bonchev–Trinajstić information content (AvgIpc) is 2.73. The number of amides is 1. The van der Waals surface area contributed by atoms with Gasteiger partial charge in [0.05, 0.1) is 0 Å². The fourth-order valence-corrected chi connectivity index (χ4v) is 4.39. The molecule has 1 aliphatic rings. The van der Waals surface area contributed by atoms with Gasteiger partial charge in [-0.25, -0.2) is 8.78 Å². The highest BCUT2D eigenvalue weighted by Gasteiger charge is 2.31. The molecule has 29 heavy (non-hydrogen) atoms. The van der Waals surface area contributed by atoms with E-state index >= 15 is 0 Å². The van der Waals surface area contributed by atoms with Gasteiger partial charge in [0.25, 0.3) is 11.8 Å². The van der Waals surface area contributed by atoms with E-state index in [4.69, 9.17) is 0 Å². The first-order chi connectivity index (χ1) is 13.9. The number of rotatable bonds is 7. The van der Waals surface area contributed by atoms with Crippen molar-refractivity contribution in [2.45, 2.75) is 70.9 Å². The molecule has 2 aromatic carbocycles. The molecule has 3 rings (SSSR count). The first kappa shape index (κ1) is 21.5. The van der Waals surface area contributed by atoms with Crippen LogP contribution in [0.2, 0.25) is 0 Å². The smallest absolute Gasteiger partial charge is 0.270 e. The van der Waals surface area contributed by atoms with Crippen LogP contribution in [0.3, 0.4) is 0 Å². The SMILES string of the molecule is CCCC1CCC(N(Cc2ccccc2)C(=O)c2cccc(C(C)(F)F)c2)CC1. The lowest BCUT2D eigenvalue weighted by molar-refractivity contribution is 0.0174. The minimum absolute atomic E-state index is 0.116. The van der Waals surface area contributed by atoms with Crippen molar-refractivity contribution in [3.63, 3.8) is 0 Å². The number of carbonyl (C=O) groups excluding carboxylic acids is 1. The Bertz CT molecular complexity index is 792. The van der Waals surface area contributed by atoms with Crippen LogP contribution < -0.4 is 0 Å². The van der Waals surface area contributed by atoms with Crippen molar-refractivity contribution in [1.29, 1.82) is 0 Å². The van der Waals surface area contributed by atoms with Crippen molar-refractivity contribution in [3.05, 3.63) is 71.3 Å². The Morgan fingerprint density at radius 2 is 1.72 bits per heavy atom. The monoisotopic (exact) mass is 399 g/mol. The van der Waals surface area contributed by atoms with Gasteiger partial charge in [0, 0.05) is 30.6 Å². The molecule has 0 aliphatic heterocycles. The Balaban J connectivity index is 1.84. The number of hydrogen-bond donors (Lipinski definition) is 0. The predicted molar refractivity (Wildman–Crippen MR) is 113 cm³/mol. The lowest BCUT2D eigenvalue weighted by Crippen LogP contribution is -2.42. The summed E-state index contributed by atoms with van der Waals surface area (Å²) in [6.07, 6.45) is 6.65. The van der Waals surface area contributed by atoms with Crippen LogP contribution in [0.25, 0.3) is 0 Å². The zero-order valence-corrected chi connectivity index (χ0v) is 17.4. The van der Waals surface area contributed by atoms with Gasteiger partial charge < -0.3 is 4.90 Å². The predicted octanol–water partition coefficient (Wildman–Crippen LogP) is 6.80. The highest BCUT2D eigenvalue weighted by molar-refractivity contribution is 5.94. The molecule has 0 bridgehead atoms. The number of carbonyl (C=O) groups is 1. The molecule has 4 heteroatoms. The van der Waals surface area contributed by atoms with Crippen LogP contribution in [0.1, 0.15) is 73.9 Å². The first-order valence-corrected chi connectivity index (χ1v) is 10.7. The van der Waals surface area contributed by atoms with Gasteiger partial charge in [0.2, 0.25) is 0 Å². The van der Waals surface area contributed by atoms with Gasteiger partial charge in [-0.15, -0.1) is 0 Å². The van der Waals surface area contributed by atoms with E-state index in [2.05, 4.69) is 6.92 Å². The summed E-state index contributed by atoms with van der Waals surface area (Å²) in [7, 11) is 0. The van der Waals surface area contributed by atoms with E-state index in [-0.39, 0.29) is 17.5 Å². The third-order valence-corrected chi connectivity index (χ3v) is 6.03. The Morgan fingerprint density at radius 1 is 1.03 bits per heavy atom. The average molecular weight is 400 g/mol. The molecule has 0 unspecified atom stereocenters. The second kappa shape index (κ2) is 9.51. The van der Waals surface area contributed by atoms with Crippen LogP contribution in [0.4, 0.5) is 8.78 Å². The van der Waals surface area contributed by atoms with Gasteiger partial charge in [-0.3, -0.25) is 4.79 Å². The summed E-state index contributed by atoms with van der Waals surface area (Å²) in [5.74, 6) is -2.37. The second-order valence-electron chi connectivity index (χ2n) is 8.35. The van der Waals surface area contributed by atoms with E-state index in [1.807, 2.05) is 35.2 Å². The minimum Gasteiger partial charge on any atom is -0.331 e. The molecule has 1 saturated carbocycles. The van der Waals surface area contributed by atoms with E-state index in [0.29, 0.717) is 12.1 Å². The molecular formula is C25H31F2NO. The van der Waals surface area contributed by atoms with Crippen molar-refractivity contribution in [3.8, 4) is 0 Å². The van der Waals surface area contributed by atoms with Crippen LogP contribution in [-0.2, 0) is 12.5 Å². The molecule has 2 aromatic rings. The normalized spacial score (nSPS) is 19.7. The maximum atomic E-state index is 13.8. The third kappa shape index (κ3) is 5.65. The molecule has 1 aliphatic carbocycles. The van der Waals surface area contributed by atoms with E-state index in [1.54, 1.807) is 12.1 Å². The van der Waals surface area contributed by atoms with Gasteiger partial charge in [0.15, 0.2) is 0 Å². The van der Waals surface area contributed by atoms with Crippen molar-refractivity contribution in [2.24, 2.45) is 5.92 Å². The second-order valence-corrected chi connectivity index (χ2v) is 8.35. The summed E-state index contributed by atoms with van der Waals surface area (Å²) in [4.78, 5) is 15.3. The van der Waals surface area contributed by atoms with Crippen molar-refractivity contribution < 1.29 is 13.6 Å². The maximum absolute atomic E-state index is 13.8. The quantitative estimate of drug-likeness (QED) is 0.501. The van der Waals surface area contributed by atoms with Crippen LogP contribution in [0.5, 0.6) is 0 Å². The van der Waals surface area contributed by atoms with Crippen LogP contribution in [0.15, 0.2) is 54.6 Å². The zero-order valence-electron chi connectivity index (χ0n) is 17.4. The number of nitrogens with zero attached hydrogens (tertiary/aromatic N) is 1. The molecule has 1 fully saturated rings. The molecular weight excluding hydrogens is 368 g/mol. The van der Waals surface area contributed by atoms with Crippen molar-refractivity contribution in [1.82, 2.24) is 4.90 Å². The Hall–Kier alpha value is -2.23. The van der Waals surface area contributed by atoms with Gasteiger partial charge in [-0.1, -0.05) is 62.2 Å². The van der Waals surface area contributed by atoms with Gasteiger partial charge in [-0.2, -0.15) is 0 Å². The minimum atomic E-state index is -2.96. The summed E-state index contributed by atoms with van der Waals surface area (Å²) in [6.45, 7) is 3.59. The molecule has 0 N–H and O–H groups in total. The Labute approximate surface area is 172 Å². The van der Waals surface area contributed by atoms with E-state index in [1.165, 1.54) is 25.0 Å². The number of benzene rings is 2. The largest absolute Gasteiger partial charge is 0.331 e. The Kier molecular flexibility index (Phi) is 7.05. The van der Waals surface area contributed by atoms with Gasteiger partial charge in [0.1, 0.15) is 0 Å². The highest BCUT2D eigenvalue weighted by atomic mass is 19.3. The number of hydrogen-bond acceptors (Lipinski definition) is 1. The Morgan fingerprint density at radius 3 is 2.34 bits per heavy atom. The van der Waals surface area contributed by atoms with Crippen LogP contribution in [-0.4, -0.2) is 16.8 Å². The van der Waals surface area contributed by atoms with Crippen LogP contribution >= 0.6 is 0 Å². The summed E-state index contributed by atoms with van der Waals surface area (Å²) in [5, 5.41) is 0. The maximum Gasteiger partial charge on any atom is 0.270 e. The molecule has 0 saturated heterocycles. The third-order valence-electron chi connectivity index (χ3n) is 6.03. The molecule has 1 amide bonds. The van der Waals surface area contributed by atoms with E-state index in [0.717, 1.165) is 44.1 Å². The highest BCUT2D eigenvalue weighted by Crippen LogP contribution is 2.33. The fourth-order valence-electron chi connectivity index (χ4n) is 4.39. The summed E-state index contributed by atoms with van der Waals surface area (Å²) >= 11 is 0. The van der Waals surface area contributed by atoms with Gasteiger partial charge in [-0.05, 0) is 49.3 Å². The molecule has 0 heterocycles. The molecule has 0 spiro atoms. The topological polar surface area (TPSA) is 20.3 Å². The van der Waals surface area contributed by atoms with E-state index in [9.17, 15) is 13.6 Å². The van der Waals surface area contributed by atoms with Crippen LogP contribution in [0, 0.1) is 5.92 Å². The number of alkyl halides is 2. The summed E-state index contributed by atoms with van der Waals surface area (Å²) in [6, 6.07) is 16.0. The van der Waals surface area contributed by atoms with E-state index < -0.39 is 5.92 Å². The fraction of sp³-hybridized carbons (Fsp3) is 0.480. The first-order valence-electron chi connectivity index (χ1n) is 10.7.